The molecule has 5 heteroatoms. The van der Waals surface area contributed by atoms with Gasteiger partial charge in [0.05, 0.1) is 6.04 Å². The van der Waals surface area contributed by atoms with Crippen molar-refractivity contribution in [3.63, 3.8) is 0 Å². The van der Waals surface area contributed by atoms with E-state index in [4.69, 9.17) is 10.8 Å². The van der Waals surface area contributed by atoms with Crippen molar-refractivity contribution in [3.8, 4) is 0 Å². The summed E-state index contributed by atoms with van der Waals surface area (Å²) < 4.78 is 0. The van der Waals surface area contributed by atoms with Gasteiger partial charge in [-0.05, 0) is 5.56 Å². The first-order chi connectivity index (χ1) is 6.13. The molecule has 0 aliphatic rings. The van der Waals surface area contributed by atoms with Gasteiger partial charge in [-0.1, -0.05) is 30.3 Å². The Kier molecular flexibility index (Phi) is 5.60. The smallest absolute Gasteiger partial charge is 0.318 e. The first-order valence-corrected chi connectivity index (χ1v) is 4.36. The van der Waals surface area contributed by atoms with Gasteiger partial charge in [-0.15, -0.1) is 12.4 Å². The molecule has 0 fully saturated rings. The Labute approximate surface area is 94.1 Å². The van der Waals surface area contributed by atoms with Crippen LogP contribution in [0, 0.1) is 0 Å². The van der Waals surface area contributed by atoms with Gasteiger partial charge in [0, 0.05) is 0 Å². The quantitative estimate of drug-likeness (QED) is 0.694. The zero-order valence-corrected chi connectivity index (χ0v) is 9.04. The molecule has 14 heavy (non-hydrogen) atoms. The number of halogens is 1. The van der Waals surface area contributed by atoms with Crippen LogP contribution in [0.25, 0.3) is 0 Å². The maximum Gasteiger partial charge on any atom is 0.318 e. The molecule has 0 aliphatic heterocycles. The molecule has 3 nitrogen and oxygen atoms in total. The SMILES string of the molecule is Cl.NC(c1ccccc1)C(S)C(=O)O. The van der Waals surface area contributed by atoms with Crippen LogP contribution in [0.15, 0.2) is 30.3 Å². The van der Waals surface area contributed by atoms with Crippen molar-refractivity contribution in [3.05, 3.63) is 35.9 Å². The molecule has 1 rings (SSSR count). The molecule has 0 bridgehead atoms. The number of carbonyl (C=O) groups is 1. The van der Waals surface area contributed by atoms with Crippen molar-refractivity contribution in [2.75, 3.05) is 0 Å². The summed E-state index contributed by atoms with van der Waals surface area (Å²) in [5.74, 6) is -1.00. The molecule has 2 unspecified atom stereocenters. The lowest BCUT2D eigenvalue weighted by Gasteiger charge is -2.15. The Bertz CT molecular complexity index is 294. The molecule has 78 valence electrons. The van der Waals surface area contributed by atoms with Crippen LogP contribution in [-0.4, -0.2) is 16.3 Å². The first-order valence-electron chi connectivity index (χ1n) is 3.84. The third-order valence-electron chi connectivity index (χ3n) is 1.78. The van der Waals surface area contributed by atoms with E-state index in [-0.39, 0.29) is 12.4 Å². The van der Waals surface area contributed by atoms with E-state index in [1.54, 1.807) is 12.1 Å². The topological polar surface area (TPSA) is 63.3 Å². The molecule has 0 aliphatic carbocycles. The molecule has 0 radical (unpaired) electrons. The third-order valence-corrected chi connectivity index (χ3v) is 2.32. The Morgan fingerprint density at radius 3 is 2.29 bits per heavy atom. The molecule has 0 aromatic heterocycles. The fourth-order valence-corrected chi connectivity index (χ4v) is 1.18. The highest BCUT2D eigenvalue weighted by molar-refractivity contribution is 7.81. The Balaban J connectivity index is 0.00000169. The van der Waals surface area contributed by atoms with E-state index in [1.807, 2.05) is 18.2 Å². The zero-order chi connectivity index (χ0) is 9.84. The second-order valence-corrected chi connectivity index (χ2v) is 3.28. The van der Waals surface area contributed by atoms with Gasteiger partial charge in [0.15, 0.2) is 0 Å². The summed E-state index contributed by atoms with van der Waals surface area (Å²) in [7, 11) is 0. The van der Waals surface area contributed by atoms with Crippen molar-refractivity contribution < 1.29 is 9.90 Å². The van der Waals surface area contributed by atoms with Gasteiger partial charge in [-0.3, -0.25) is 4.79 Å². The highest BCUT2D eigenvalue weighted by Gasteiger charge is 2.21. The van der Waals surface area contributed by atoms with E-state index in [9.17, 15) is 4.79 Å². The standard InChI is InChI=1S/C9H11NO2S.ClH/c10-7(8(13)9(11)12)6-4-2-1-3-5-6;/h1-5,7-8,13H,10H2,(H,11,12);1H. The number of thiol groups is 1. The molecular formula is C9H12ClNO2S. The lowest BCUT2D eigenvalue weighted by molar-refractivity contribution is -0.136. The minimum atomic E-state index is -1.00. The second kappa shape index (κ2) is 5.90. The maximum absolute atomic E-state index is 10.6. The summed E-state index contributed by atoms with van der Waals surface area (Å²) in [6.07, 6.45) is 0. The summed E-state index contributed by atoms with van der Waals surface area (Å²) in [6, 6.07) is 8.50. The number of carboxylic acids is 1. The molecule has 0 saturated carbocycles. The van der Waals surface area contributed by atoms with E-state index in [0.717, 1.165) is 5.56 Å². The van der Waals surface area contributed by atoms with E-state index in [0.29, 0.717) is 0 Å². The summed E-state index contributed by atoms with van der Waals surface area (Å²) in [4.78, 5) is 10.6. The number of benzene rings is 1. The highest BCUT2D eigenvalue weighted by Crippen LogP contribution is 2.17. The normalized spacial score (nSPS) is 13.9. The van der Waals surface area contributed by atoms with Crippen molar-refractivity contribution in [2.24, 2.45) is 5.73 Å². The zero-order valence-electron chi connectivity index (χ0n) is 7.33. The van der Waals surface area contributed by atoms with Crippen LogP contribution < -0.4 is 5.73 Å². The van der Waals surface area contributed by atoms with Gasteiger partial charge >= 0.3 is 5.97 Å². The van der Waals surface area contributed by atoms with Crippen molar-refractivity contribution >= 4 is 31.0 Å². The van der Waals surface area contributed by atoms with Crippen molar-refractivity contribution in [1.82, 2.24) is 0 Å². The average molecular weight is 234 g/mol. The highest BCUT2D eigenvalue weighted by atomic mass is 35.5. The lowest BCUT2D eigenvalue weighted by Crippen LogP contribution is -2.28. The average Bonchev–Trinajstić information content (AvgIpc) is 2.17. The van der Waals surface area contributed by atoms with Crippen LogP contribution in [-0.2, 0) is 4.79 Å². The molecule has 1 aromatic carbocycles. The van der Waals surface area contributed by atoms with Gasteiger partial charge in [-0.2, -0.15) is 12.6 Å². The third kappa shape index (κ3) is 3.21. The van der Waals surface area contributed by atoms with Crippen LogP contribution in [0.2, 0.25) is 0 Å². The van der Waals surface area contributed by atoms with Crippen LogP contribution >= 0.6 is 25.0 Å². The molecule has 0 heterocycles. The first kappa shape index (κ1) is 13.3. The number of hydrogen-bond acceptors (Lipinski definition) is 3. The molecule has 2 atom stereocenters. The van der Waals surface area contributed by atoms with Crippen molar-refractivity contribution in [1.29, 1.82) is 0 Å². The second-order valence-electron chi connectivity index (χ2n) is 2.72. The molecule has 0 saturated heterocycles. The minimum Gasteiger partial charge on any atom is -0.480 e. The lowest BCUT2D eigenvalue weighted by atomic mass is 10.0. The largest absolute Gasteiger partial charge is 0.480 e. The number of hydrogen-bond donors (Lipinski definition) is 3. The molecular weight excluding hydrogens is 222 g/mol. The van der Waals surface area contributed by atoms with Gasteiger partial charge in [0.1, 0.15) is 5.25 Å². The predicted octanol–water partition coefficient (Wildman–Crippen LogP) is 1.49. The summed E-state index contributed by atoms with van der Waals surface area (Å²) in [5.41, 5.74) is 6.46. The number of rotatable bonds is 3. The molecule has 0 amide bonds. The van der Waals surface area contributed by atoms with Crippen molar-refractivity contribution in [2.45, 2.75) is 11.3 Å². The van der Waals surface area contributed by atoms with Crippen LogP contribution in [0.1, 0.15) is 11.6 Å². The molecule has 3 N–H and O–H groups in total. The monoisotopic (exact) mass is 233 g/mol. The van der Waals surface area contributed by atoms with Gasteiger partial charge in [-0.25, -0.2) is 0 Å². The number of nitrogens with two attached hydrogens (primary N) is 1. The number of carboxylic acid groups (broad SMARTS) is 1. The minimum absolute atomic E-state index is 0. The summed E-state index contributed by atoms with van der Waals surface area (Å²) >= 11 is 3.91. The Hall–Kier alpha value is -0.710. The maximum atomic E-state index is 10.6. The van der Waals surface area contributed by atoms with E-state index < -0.39 is 17.3 Å². The van der Waals surface area contributed by atoms with E-state index in [2.05, 4.69) is 12.6 Å². The van der Waals surface area contributed by atoms with Crippen LogP contribution in [0.4, 0.5) is 0 Å². The van der Waals surface area contributed by atoms with Gasteiger partial charge in [0.2, 0.25) is 0 Å². The fraction of sp³-hybridized carbons (Fsp3) is 0.222. The summed E-state index contributed by atoms with van der Waals surface area (Å²) in [6.45, 7) is 0. The predicted molar refractivity (Wildman–Crippen MR) is 61.0 cm³/mol. The van der Waals surface area contributed by atoms with Crippen LogP contribution in [0.5, 0.6) is 0 Å². The van der Waals surface area contributed by atoms with Gasteiger partial charge < -0.3 is 10.8 Å². The molecule has 0 spiro atoms. The van der Waals surface area contributed by atoms with E-state index >= 15 is 0 Å². The fourth-order valence-electron chi connectivity index (χ4n) is 1.01. The van der Waals surface area contributed by atoms with E-state index in [1.165, 1.54) is 0 Å². The Morgan fingerprint density at radius 2 is 1.86 bits per heavy atom. The molecule has 1 aromatic rings. The number of aliphatic carboxylic acids is 1. The summed E-state index contributed by atoms with van der Waals surface area (Å²) in [5, 5.41) is 7.80. The van der Waals surface area contributed by atoms with Gasteiger partial charge in [0.25, 0.3) is 0 Å². The van der Waals surface area contributed by atoms with Crippen LogP contribution in [0.3, 0.4) is 0 Å². The Morgan fingerprint density at radius 1 is 1.36 bits per heavy atom.